The Labute approximate surface area is 109 Å². The summed E-state index contributed by atoms with van der Waals surface area (Å²) in [4.78, 5) is 0. The Morgan fingerprint density at radius 1 is 1.56 bits per heavy atom. The molecule has 0 aliphatic carbocycles. The van der Waals surface area contributed by atoms with Crippen molar-refractivity contribution < 1.29 is 9.84 Å². The summed E-state index contributed by atoms with van der Waals surface area (Å²) in [5, 5.41) is 15.1. The lowest BCUT2D eigenvalue weighted by Gasteiger charge is -2.24. The van der Waals surface area contributed by atoms with Gasteiger partial charge in [0.15, 0.2) is 0 Å². The highest BCUT2D eigenvalue weighted by molar-refractivity contribution is 5.07. The smallest absolute Gasteiger partial charge is 0.0983 e. The molecule has 2 heterocycles. The van der Waals surface area contributed by atoms with Gasteiger partial charge >= 0.3 is 0 Å². The molecule has 1 aromatic rings. The van der Waals surface area contributed by atoms with Crippen molar-refractivity contribution in [2.75, 3.05) is 6.61 Å². The molecule has 1 fully saturated rings. The van der Waals surface area contributed by atoms with Crippen LogP contribution in [0.5, 0.6) is 0 Å². The second kappa shape index (κ2) is 5.41. The summed E-state index contributed by atoms with van der Waals surface area (Å²) < 4.78 is 7.48. The van der Waals surface area contributed by atoms with Gasteiger partial charge in [-0.3, -0.25) is 4.68 Å². The van der Waals surface area contributed by atoms with Crippen molar-refractivity contribution in [3.8, 4) is 0 Å². The molecule has 2 unspecified atom stereocenters. The second-order valence-electron chi connectivity index (χ2n) is 5.30. The van der Waals surface area contributed by atoms with Gasteiger partial charge in [-0.05, 0) is 25.8 Å². The highest BCUT2D eigenvalue weighted by atomic mass is 16.5. The molecule has 102 valence electrons. The first kappa shape index (κ1) is 13.6. The fraction of sp³-hybridized carbons (Fsp3) is 0.786. The van der Waals surface area contributed by atoms with Gasteiger partial charge in [-0.15, -0.1) is 0 Å². The number of ether oxygens (including phenoxy) is 1. The zero-order valence-electron chi connectivity index (χ0n) is 11.6. The summed E-state index contributed by atoms with van der Waals surface area (Å²) in [6.45, 7) is 6.93. The van der Waals surface area contributed by atoms with Crippen LogP contribution in [0, 0.1) is 0 Å². The Kier molecular flexibility index (Phi) is 4.07. The van der Waals surface area contributed by atoms with E-state index in [1.54, 1.807) is 0 Å². The lowest BCUT2D eigenvalue weighted by molar-refractivity contribution is -0.0275. The van der Waals surface area contributed by atoms with Crippen LogP contribution in [0.25, 0.3) is 0 Å². The van der Waals surface area contributed by atoms with E-state index in [2.05, 4.69) is 18.9 Å². The summed E-state index contributed by atoms with van der Waals surface area (Å²) in [6.07, 6.45) is 5.38. The molecule has 1 saturated heterocycles. The van der Waals surface area contributed by atoms with Gasteiger partial charge in [-0.1, -0.05) is 13.8 Å². The molecule has 0 radical (unpaired) electrons. The predicted octanol–water partition coefficient (Wildman–Crippen LogP) is 2.33. The van der Waals surface area contributed by atoms with E-state index in [-0.39, 0.29) is 6.10 Å². The summed E-state index contributed by atoms with van der Waals surface area (Å²) in [7, 11) is 0. The quantitative estimate of drug-likeness (QED) is 0.875. The monoisotopic (exact) mass is 252 g/mol. The van der Waals surface area contributed by atoms with Gasteiger partial charge in [0.1, 0.15) is 0 Å². The number of aromatic nitrogens is 2. The molecule has 1 aliphatic heterocycles. The number of aliphatic hydroxyl groups is 1. The minimum atomic E-state index is -0.743. The summed E-state index contributed by atoms with van der Waals surface area (Å²) in [5.41, 5.74) is 0.217. The van der Waals surface area contributed by atoms with E-state index in [9.17, 15) is 5.11 Å². The maximum atomic E-state index is 10.5. The van der Waals surface area contributed by atoms with E-state index < -0.39 is 5.60 Å². The molecular formula is C14H24N2O2. The van der Waals surface area contributed by atoms with Crippen LogP contribution in [-0.2, 0) is 11.2 Å². The van der Waals surface area contributed by atoms with Gasteiger partial charge in [-0.2, -0.15) is 5.10 Å². The Morgan fingerprint density at radius 3 is 2.83 bits per heavy atom. The van der Waals surface area contributed by atoms with E-state index >= 15 is 0 Å². The Morgan fingerprint density at radius 2 is 2.28 bits per heavy atom. The minimum absolute atomic E-state index is 0.101. The average Bonchev–Trinajstić information content (AvgIpc) is 2.90. The van der Waals surface area contributed by atoms with Crippen LogP contribution in [0.3, 0.4) is 0 Å². The van der Waals surface area contributed by atoms with Crippen LogP contribution in [0.2, 0.25) is 0 Å². The molecule has 2 atom stereocenters. The summed E-state index contributed by atoms with van der Waals surface area (Å²) in [5.74, 6) is 0. The van der Waals surface area contributed by atoms with E-state index in [0.717, 1.165) is 18.5 Å². The highest BCUT2D eigenvalue weighted by Gasteiger charge is 2.40. The Balaban J connectivity index is 2.06. The first-order chi connectivity index (χ1) is 8.59. The number of nitrogens with zero attached hydrogens (tertiary/aromatic N) is 2. The molecule has 4 nitrogen and oxygen atoms in total. The molecule has 0 aromatic carbocycles. The lowest BCUT2D eigenvalue weighted by Crippen LogP contribution is -2.38. The third-order valence-electron chi connectivity index (χ3n) is 4.13. The van der Waals surface area contributed by atoms with Gasteiger partial charge in [0.05, 0.1) is 23.4 Å². The van der Waals surface area contributed by atoms with Crippen LogP contribution in [0.15, 0.2) is 12.3 Å². The van der Waals surface area contributed by atoms with Crippen LogP contribution in [0.1, 0.15) is 51.8 Å². The molecule has 0 saturated carbocycles. The van der Waals surface area contributed by atoms with Gasteiger partial charge in [-0.25, -0.2) is 0 Å². The van der Waals surface area contributed by atoms with Gasteiger partial charge < -0.3 is 9.84 Å². The maximum absolute atomic E-state index is 10.5. The van der Waals surface area contributed by atoms with Crippen LogP contribution in [0.4, 0.5) is 0 Å². The standard InChI is InChI=1S/C14H24N2O2/c1-4-13(5-2)16-8-6-12(15-16)10-14(17)7-9-18-11(14)3/h6,8,11,13,17H,4-5,7,9-10H2,1-3H3. The van der Waals surface area contributed by atoms with Crippen LogP contribution >= 0.6 is 0 Å². The van der Waals surface area contributed by atoms with E-state index in [1.165, 1.54) is 0 Å². The van der Waals surface area contributed by atoms with Crippen molar-refractivity contribution in [2.24, 2.45) is 0 Å². The van der Waals surface area contributed by atoms with Crippen molar-refractivity contribution in [3.05, 3.63) is 18.0 Å². The molecular weight excluding hydrogens is 228 g/mol. The highest BCUT2D eigenvalue weighted by Crippen LogP contribution is 2.29. The number of hydrogen-bond acceptors (Lipinski definition) is 3. The topological polar surface area (TPSA) is 47.3 Å². The Hall–Kier alpha value is -0.870. The fourth-order valence-electron chi connectivity index (χ4n) is 2.65. The molecule has 18 heavy (non-hydrogen) atoms. The molecule has 1 aromatic heterocycles. The first-order valence-corrected chi connectivity index (χ1v) is 6.97. The van der Waals surface area contributed by atoms with E-state index in [0.29, 0.717) is 25.5 Å². The van der Waals surface area contributed by atoms with Crippen molar-refractivity contribution in [3.63, 3.8) is 0 Å². The molecule has 1 aliphatic rings. The van der Waals surface area contributed by atoms with Gasteiger partial charge in [0, 0.05) is 25.6 Å². The summed E-state index contributed by atoms with van der Waals surface area (Å²) in [6, 6.07) is 2.48. The molecule has 1 N–H and O–H groups in total. The van der Waals surface area contributed by atoms with Crippen molar-refractivity contribution >= 4 is 0 Å². The maximum Gasteiger partial charge on any atom is 0.0983 e. The van der Waals surface area contributed by atoms with Crippen molar-refractivity contribution in [1.82, 2.24) is 9.78 Å². The molecule has 4 heteroatoms. The fourth-order valence-corrected chi connectivity index (χ4v) is 2.65. The van der Waals surface area contributed by atoms with Crippen molar-refractivity contribution in [2.45, 2.75) is 64.2 Å². The van der Waals surface area contributed by atoms with E-state index in [1.807, 2.05) is 23.9 Å². The molecule has 2 rings (SSSR count). The number of hydrogen-bond donors (Lipinski definition) is 1. The Bertz CT molecular complexity index is 387. The molecule has 0 spiro atoms. The van der Waals surface area contributed by atoms with Gasteiger partial charge in [0.2, 0.25) is 0 Å². The minimum Gasteiger partial charge on any atom is -0.387 e. The molecule has 0 amide bonds. The largest absolute Gasteiger partial charge is 0.387 e. The zero-order valence-corrected chi connectivity index (χ0v) is 11.6. The first-order valence-electron chi connectivity index (χ1n) is 6.97. The second-order valence-corrected chi connectivity index (χ2v) is 5.30. The van der Waals surface area contributed by atoms with Crippen molar-refractivity contribution in [1.29, 1.82) is 0 Å². The SMILES string of the molecule is CCC(CC)n1ccc(CC2(O)CCOC2C)n1. The van der Waals surface area contributed by atoms with Gasteiger partial charge in [0.25, 0.3) is 0 Å². The third kappa shape index (κ3) is 2.59. The predicted molar refractivity (Wildman–Crippen MR) is 70.5 cm³/mol. The average molecular weight is 252 g/mol. The van der Waals surface area contributed by atoms with Crippen LogP contribution in [-0.4, -0.2) is 33.2 Å². The van der Waals surface area contributed by atoms with Crippen LogP contribution < -0.4 is 0 Å². The summed E-state index contributed by atoms with van der Waals surface area (Å²) >= 11 is 0. The lowest BCUT2D eigenvalue weighted by atomic mass is 9.91. The number of rotatable bonds is 5. The van der Waals surface area contributed by atoms with E-state index in [4.69, 9.17) is 4.74 Å². The zero-order chi connectivity index (χ0) is 13.2. The molecule has 0 bridgehead atoms. The normalized spacial score (nSPS) is 28.2. The third-order valence-corrected chi connectivity index (χ3v) is 4.13.